The molecule has 0 amide bonds. The largest absolute Gasteiger partial charge is 1.00 e. The Labute approximate surface area is 143 Å². The molecule has 0 aliphatic carbocycles. The topological polar surface area (TPSA) is 72.4 Å². The molecule has 0 bridgehead atoms. The van der Waals surface area contributed by atoms with Crippen LogP contribution in [0.1, 0.15) is 0 Å². The number of benzene rings is 2. The normalized spacial score (nSPS) is 10.2. The van der Waals surface area contributed by atoms with Gasteiger partial charge in [-0.3, -0.25) is 0 Å². The molecule has 0 radical (unpaired) electrons. The van der Waals surface area contributed by atoms with Crippen LogP contribution in [0.4, 0.5) is 0 Å². The summed E-state index contributed by atoms with van der Waals surface area (Å²) in [4.78, 5) is 21.0. The molecule has 0 aromatic heterocycles. The molecule has 0 fully saturated rings. The van der Waals surface area contributed by atoms with Crippen molar-refractivity contribution in [3.63, 3.8) is 0 Å². The van der Waals surface area contributed by atoms with E-state index in [1.165, 1.54) is 6.07 Å². The Hall–Kier alpha value is 0.650. The van der Waals surface area contributed by atoms with Gasteiger partial charge in [0.1, 0.15) is 13.6 Å². The number of phosphoric ester groups is 1. The molecule has 0 aliphatic rings. The zero-order valence-corrected chi connectivity index (χ0v) is 14.5. The van der Waals surface area contributed by atoms with E-state index in [0.717, 1.165) is 5.39 Å². The van der Waals surface area contributed by atoms with Crippen molar-refractivity contribution in [2.75, 3.05) is 0 Å². The van der Waals surface area contributed by atoms with E-state index in [2.05, 4.69) is 4.52 Å². The van der Waals surface area contributed by atoms with Crippen molar-refractivity contribution >= 4 is 18.6 Å². The quantitative estimate of drug-likeness (QED) is 0.404. The van der Waals surface area contributed by atoms with Gasteiger partial charge in [-0.2, -0.15) is 0 Å². The molecule has 7 heteroatoms. The van der Waals surface area contributed by atoms with Crippen LogP contribution in [0.3, 0.4) is 0 Å². The van der Waals surface area contributed by atoms with E-state index in [0.29, 0.717) is 5.39 Å². The predicted octanol–water partition coefficient (Wildman–Crippen LogP) is -4.94. The maximum atomic E-state index is 10.5. The molecule has 0 aliphatic heterocycles. The van der Waals surface area contributed by atoms with Gasteiger partial charge >= 0.3 is 59.1 Å². The van der Waals surface area contributed by atoms with Gasteiger partial charge in [0.05, 0.1) is 0 Å². The summed E-state index contributed by atoms with van der Waals surface area (Å²) < 4.78 is 14.9. The van der Waals surface area contributed by atoms with Gasteiger partial charge in [0.25, 0.3) is 0 Å². The van der Waals surface area contributed by atoms with E-state index in [-0.39, 0.29) is 64.9 Å². The summed E-state index contributed by atoms with van der Waals surface area (Å²) in [5, 5.41) is 1.43. The maximum Gasteiger partial charge on any atom is 1.00 e. The molecule has 78 valence electrons. The van der Waals surface area contributed by atoms with Crippen molar-refractivity contribution in [3.8, 4) is 5.75 Å². The Morgan fingerprint density at radius 3 is 2.18 bits per heavy atom. The number of rotatable bonds is 2. The van der Waals surface area contributed by atoms with Crippen molar-refractivity contribution in [3.05, 3.63) is 42.5 Å². The maximum absolute atomic E-state index is 10.5. The summed E-state index contributed by atoms with van der Waals surface area (Å²) in [6.07, 6.45) is 0. The Kier molecular flexibility index (Phi) is 7.57. The third-order valence-corrected chi connectivity index (χ3v) is 2.38. The van der Waals surface area contributed by atoms with E-state index < -0.39 is 7.82 Å². The average Bonchev–Trinajstić information content (AvgIpc) is 2.16. The number of fused-ring (bicyclic) bond motifs is 1. The van der Waals surface area contributed by atoms with Crippen molar-refractivity contribution in [1.29, 1.82) is 0 Å². The molecule has 0 atom stereocenters. The minimum atomic E-state index is -4.99. The van der Waals surface area contributed by atoms with Crippen molar-refractivity contribution in [2.45, 2.75) is 0 Å². The molecule has 2 aromatic rings. The Balaban J connectivity index is 0.00000128. The fourth-order valence-corrected chi connectivity index (χ4v) is 1.80. The third-order valence-electron chi connectivity index (χ3n) is 1.96. The van der Waals surface area contributed by atoms with Gasteiger partial charge < -0.3 is 18.9 Å². The standard InChI is InChI=1S/C10H9O4P.2Na/c11-15(12,13)14-10-7-3-5-8-4-1-2-6-9(8)10;;/h1-7H,(H2,11,12,13);;/q;2*+1/p-2. The average molecular weight is 268 g/mol. The van der Waals surface area contributed by atoms with Gasteiger partial charge in [-0.05, 0) is 11.5 Å². The SMILES string of the molecule is O=P([O-])([O-])Oc1cccc2ccccc12.[Na+].[Na+]. The second-order valence-corrected chi connectivity index (χ2v) is 4.09. The first-order chi connectivity index (χ1) is 7.06. The van der Waals surface area contributed by atoms with Gasteiger partial charge in [-0.1, -0.05) is 36.4 Å². The molecule has 0 spiro atoms. The fourth-order valence-electron chi connectivity index (χ4n) is 1.40. The second-order valence-electron chi connectivity index (χ2n) is 3.02. The summed E-state index contributed by atoms with van der Waals surface area (Å²) in [6.45, 7) is 0. The number of phosphoric acid groups is 1. The van der Waals surface area contributed by atoms with Crippen LogP contribution in [0.15, 0.2) is 42.5 Å². The summed E-state index contributed by atoms with van der Waals surface area (Å²) in [7, 11) is -4.99. The van der Waals surface area contributed by atoms with E-state index in [1.807, 2.05) is 18.2 Å². The monoisotopic (exact) mass is 268 g/mol. The molecule has 0 heterocycles. The summed E-state index contributed by atoms with van der Waals surface area (Å²) in [5.41, 5.74) is 0. The van der Waals surface area contributed by atoms with Crippen LogP contribution in [-0.2, 0) is 4.57 Å². The second kappa shape index (κ2) is 7.29. The molecule has 4 nitrogen and oxygen atoms in total. The zero-order valence-electron chi connectivity index (χ0n) is 9.62. The minimum Gasteiger partial charge on any atom is -0.780 e. The van der Waals surface area contributed by atoms with Crippen molar-refractivity contribution in [2.24, 2.45) is 0 Å². The van der Waals surface area contributed by atoms with E-state index >= 15 is 0 Å². The smallest absolute Gasteiger partial charge is 0.780 e. The molecule has 0 N–H and O–H groups in total. The molecular weight excluding hydrogens is 261 g/mol. The van der Waals surface area contributed by atoms with Crippen LogP contribution in [0.2, 0.25) is 0 Å². The summed E-state index contributed by atoms with van der Waals surface area (Å²) in [5.74, 6) is 0.0708. The van der Waals surface area contributed by atoms with Crippen LogP contribution in [0, 0.1) is 0 Å². The van der Waals surface area contributed by atoms with E-state index in [9.17, 15) is 14.4 Å². The van der Waals surface area contributed by atoms with Crippen molar-refractivity contribution < 1.29 is 78.0 Å². The van der Waals surface area contributed by atoms with Gasteiger partial charge in [0, 0.05) is 5.39 Å². The number of hydrogen-bond acceptors (Lipinski definition) is 4. The molecular formula is C10H7Na2O4P. The molecule has 2 aromatic carbocycles. The minimum absolute atomic E-state index is 0. The Morgan fingerprint density at radius 2 is 1.53 bits per heavy atom. The van der Waals surface area contributed by atoms with Crippen LogP contribution in [0.25, 0.3) is 10.8 Å². The summed E-state index contributed by atoms with van der Waals surface area (Å²) >= 11 is 0. The van der Waals surface area contributed by atoms with Gasteiger partial charge in [0.15, 0.2) is 0 Å². The third kappa shape index (κ3) is 5.03. The van der Waals surface area contributed by atoms with Crippen LogP contribution in [-0.4, -0.2) is 0 Å². The van der Waals surface area contributed by atoms with E-state index in [4.69, 9.17) is 0 Å². The Bertz CT molecular complexity index is 535. The van der Waals surface area contributed by atoms with Gasteiger partial charge in [-0.25, -0.2) is 0 Å². The first kappa shape index (κ1) is 17.6. The Morgan fingerprint density at radius 1 is 0.941 bits per heavy atom. The zero-order chi connectivity index (χ0) is 10.9. The van der Waals surface area contributed by atoms with E-state index in [1.54, 1.807) is 18.2 Å². The first-order valence-corrected chi connectivity index (χ1v) is 5.72. The van der Waals surface area contributed by atoms with Crippen LogP contribution < -0.4 is 73.4 Å². The van der Waals surface area contributed by atoms with Gasteiger partial charge in [0.2, 0.25) is 0 Å². The fraction of sp³-hybridized carbons (Fsp3) is 0. The predicted molar refractivity (Wildman–Crippen MR) is 52.2 cm³/mol. The summed E-state index contributed by atoms with van der Waals surface area (Å²) in [6, 6.07) is 12.0. The van der Waals surface area contributed by atoms with Gasteiger partial charge in [-0.15, -0.1) is 0 Å². The molecule has 0 saturated heterocycles. The molecule has 2 rings (SSSR count). The molecule has 0 unspecified atom stereocenters. The van der Waals surface area contributed by atoms with Crippen molar-refractivity contribution in [1.82, 2.24) is 0 Å². The molecule has 17 heavy (non-hydrogen) atoms. The van der Waals surface area contributed by atoms with Crippen LogP contribution >= 0.6 is 7.82 Å². The molecule has 0 saturated carbocycles. The van der Waals surface area contributed by atoms with Crippen LogP contribution in [0.5, 0.6) is 5.75 Å². The first-order valence-electron chi connectivity index (χ1n) is 4.26. The number of hydrogen-bond donors (Lipinski definition) is 0.